The van der Waals surface area contributed by atoms with Crippen LogP contribution in [0.5, 0.6) is 0 Å². The molecule has 0 bridgehead atoms. The molecule has 0 fully saturated rings. The minimum atomic E-state index is -4.82. The predicted molar refractivity (Wildman–Crippen MR) is 89.7 cm³/mol. The van der Waals surface area contributed by atoms with Gasteiger partial charge in [-0.05, 0) is 13.0 Å². The van der Waals surface area contributed by atoms with Crippen molar-refractivity contribution in [2.75, 3.05) is 16.8 Å². The summed E-state index contributed by atoms with van der Waals surface area (Å²) in [6.07, 6.45) is -5.82. The van der Waals surface area contributed by atoms with E-state index in [1.807, 2.05) is 0 Å². The van der Waals surface area contributed by atoms with Gasteiger partial charge in [-0.1, -0.05) is 0 Å². The van der Waals surface area contributed by atoms with Gasteiger partial charge in [0.15, 0.2) is 5.65 Å². The normalized spacial score (nSPS) is 18.9. The molecule has 3 aromatic rings. The number of carbonyl (C=O) groups is 1. The number of amides is 2. The van der Waals surface area contributed by atoms with Crippen molar-refractivity contribution in [1.29, 1.82) is 0 Å². The molecule has 0 unspecified atom stereocenters. The van der Waals surface area contributed by atoms with E-state index in [-0.39, 0.29) is 17.0 Å². The average molecular weight is 431 g/mol. The summed E-state index contributed by atoms with van der Waals surface area (Å²) in [5.41, 5.74) is -4.39. The third kappa shape index (κ3) is 2.98. The van der Waals surface area contributed by atoms with E-state index in [0.717, 1.165) is 36.4 Å². The van der Waals surface area contributed by atoms with E-state index in [4.69, 9.17) is 0 Å². The van der Waals surface area contributed by atoms with Crippen LogP contribution in [0.15, 0.2) is 24.5 Å². The standard InChI is InChI=1S/C16H11F6N7O/c1-15(16(20,21)22)6-28(9-5-23-11-3-10(17)27-29(11)12(9)15)14(30)25-7-2-8(13(18)19)26-24-4-7/h2-5,13H,6H2,1H3,(H,25,26,30)/t15-/m0/s1. The fourth-order valence-electron chi connectivity index (χ4n) is 3.24. The first kappa shape index (κ1) is 19.8. The lowest BCUT2D eigenvalue weighted by molar-refractivity contribution is -0.181. The van der Waals surface area contributed by atoms with Crippen LogP contribution in [0, 0.1) is 5.95 Å². The van der Waals surface area contributed by atoms with Crippen molar-refractivity contribution in [2.24, 2.45) is 0 Å². The van der Waals surface area contributed by atoms with E-state index in [0.29, 0.717) is 4.52 Å². The zero-order chi connectivity index (χ0) is 21.8. The Hall–Kier alpha value is -3.45. The number of anilines is 2. The van der Waals surface area contributed by atoms with E-state index in [1.165, 1.54) is 0 Å². The number of hydrogen-bond acceptors (Lipinski definition) is 5. The topological polar surface area (TPSA) is 88.3 Å². The Bertz CT molecular complexity index is 1150. The Balaban J connectivity index is 1.77. The Morgan fingerprint density at radius 1 is 1.27 bits per heavy atom. The lowest BCUT2D eigenvalue weighted by atomic mass is 9.88. The first-order valence-corrected chi connectivity index (χ1v) is 8.32. The molecule has 1 N–H and O–H groups in total. The van der Waals surface area contributed by atoms with Crippen LogP contribution in [0.25, 0.3) is 5.65 Å². The lowest BCUT2D eigenvalue weighted by Gasteiger charge is -2.28. The molecule has 3 aromatic heterocycles. The highest BCUT2D eigenvalue weighted by Crippen LogP contribution is 2.49. The summed E-state index contributed by atoms with van der Waals surface area (Å²) in [6, 6.07) is 0.653. The van der Waals surface area contributed by atoms with Crippen molar-refractivity contribution in [3.05, 3.63) is 41.9 Å². The van der Waals surface area contributed by atoms with Gasteiger partial charge in [-0.2, -0.15) is 22.7 Å². The molecular formula is C16H11F6N7O. The van der Waals surface area contributed by atoms with Gasteiger partial charge in [0.25, 0.3) is 6.43 Å². The maximum atomic E-state index is 13.9. The molecule has 8 nitrogen and oxygen atoms in total. The smallest absolute Gasteiger partial charge is 0.306 e. The van der Waals surface area contributed by atoms with Crippen molar-refractivity contribution >= 4 is 23.1 Å². The molecule has 0 spiro atoms. The van der Waals surface area contributed by atoms with Crippen LogP contribution in [0.1, 0.15) is 24.7 Å². The van der Waals surface area contributed by atoms with Crippen molar-refractivity contribution in [1.82, 2.24) is 24.8 Å². The molecule has 1 aliphatic heterocycles. The Morgan fingerprint density at radius 2 is 2.00 bits per heavy atom. The molecule has 4 heterocycles. The van der Waals surface area contributed by atoms with Gasteiger partial charge in [-0.25, -0.2) is 23.1 Å². The molecule has 30 heavy (non-hydrogen) atoms. The number of nitrogens with zero attached hydrogens (tertiary/aromatic N) is 6. The molecule has 158 valence electrons. The molecule has 1 atom stereocenters. The van der Waals surface area contributed by atoms with Crippen molar-refractivity contribution in [2.45, 2.75) is 24.9 Å². The van der Waals surface area contributed by atoms with Gasteiger partial charge >= 0.3 is 12.2 Å². The fraction of sp³-hybridized carbons (Fsp3) is 0.312. The average Bonchev–Trinajstić information content (AvgIpc) is 3.19. The number of carbonyl (C=O) groups excluding carboxylic acids is 1. The van der Waals surface area contributed by atoms with Gasteiger partial charge < -0.3 is 5.32 Å². The highest BCUT2D eigenvalue weighted by molar-refractivity contribution is 6.03. The SMILES string of the molecule is C[C@]1(C(F)(F)F)CN(C(=O)Nc2cnnc(C(F)F)c2)c2cnc3cc(F)nn3c21. The van der Waals surface area contributed by atoms with Crippen LogP contribution in [-0.4, -0.2) is 43.5 Å². The van der Waals surface area contributed by atoms with E-state index >= 15 is 0 Å². The maximum Gasteiger partial charge on any atom is 0.401 e. The number of halogens is 6. The molecule has 0 saturated carbocycles. The molecule has 0 aromatic carbocycles. The number of rotatable bonds is 2. The second-order valence-electron chi connectivity index (χ2n) is 6.75. The van der Waals surface area contributed by atoms with Crippen LogP contribution >= 0.6 is 0 Å². The van der Waals surface area contributed by atoms with Crippen molar-refractivity contribution < 1.29 is 31.1 Å². The number of alkyl halides is 5. The monoisotopic (exact) mass is 431 g/mol. The van der Waals surface area contributed by atoms with Gasteiger partial charge in [0, 0.05) is 12.6 Å². The zero-order valence-electron chi connectivity index (χ0n) is 15.0. The maximum absolute atomic E-state index is 13.9. The molecular weight excluding hydrogens is 420 g/mol. The largest absolute Gasteiger partial charge is 0.401 e. The van der Waals surface area contributed by atoms with Crippen LogP contribution in [0.4, 0.5) is 42.5 Å². The van der Waals surface area contributed by atoms with Gasteiger partial charge in [0.1, 0.15) is 11.1 Å². The van der Waals surface area contributed by atoms with Gasteiger partial charge in [0.2, 0.25) is 5.95 Å². The number of fused-ring (bicyclic) bond motifs is 3. The minimum absolute atomic E-state index is 0.163. The van der Waals surface area contributed by atoms with Gasteiger partial charge in [-0.15, -0.1) is 10.2 Å². The van der Waals surface area contributed by atoms with Crippen molar-refractivity contribution in [3.63, 3.8) is 0 Å². The predicted octanol–water partition coefficient (Wildman–Crippen LogP) is 3.47. The Labute approximate surface area is 163 Å². The van der Waals surface area contributed by atoms with Crippen LogP contribution in [0.3, 0.4) is 0 Å². The third-order valence-corrected chi connectivity index (χ3v) is 4.74. The summed E-state index contributed by atoms with van der Waals surface area (Å²) in [5, 5.41) is 12.2. The summed E-state index contributed by atoms with van der Waals surface area (Å²) in [4.78, 5) is 17.3. The van der Waals surface area contributed by atoms with Crippen LogP contribution < -0.4 is 10.2 Å². The van der Waals surface area contributed by atoms with Crippen molar-refractivity contribution in [3.8, 4) is 0 Å². The van der Waals surface area contributed by atoms with E-state index < -0.39 is 47.9 Å². The number of urea groups is 1. The molecule has 1 aliphatic rings. The van der Waals surface area contributed by atoms with Gasteiger partial charge in [0.05, 0.1) is 29.5 Å². The zero-order valence-corrected chi connectivity index (χ0v) is 15.0. The third-order valence-electron chi connectivity index (χ3n) is 4.74. The second-order valence-corrected chi connectivity index (χ2v) is 6.75. The van der Waals surface area contributed by atoms with Gasteiger partial charge in [-0.3, -0.25) is 4.90 Å². The lowest BCUT2D eigenvalue weighted by Crippen LogP contribution is -2.46. The fourth-order valence-corrected chi connectivity index (χ4v) is 3.24. The summed E-state index contributed by atoms with van der Waals surface area (Å²) >= 11 is 0. The van der Waals surface area contributed by atoms with E-state index in [1.54, 1.807) is 0 Å². The minimum Gasteiger partial charge on any atom is -0.306 e. The summed E-state index contributed by atoms with van der Waals surface area (Å²) in [5.74, 6) is -1.04. The summed E-state index contributed by atoms with van der Waals surface area (Å²) < 4.78 is 81.6. The van der Waals surface area contributed by atoms with Crippen LogP contribution in [-0.2, 0) is 5.41 Å². The number of nitrogens with one attached hydrogen (secondary N) is 1. The molecule has 0 aliphatic carbocycles. The first-order chi connectivity index (χ1) is 14.0. The van der Waals surface area contributed by atoms with E-state index in [9.17, 15) is 31.1 Å². The highest BCUT2D eigenvalue weighted by Gasteiger charge is 2.60. The van der Waals surface area contributed by atoms with E-state index in [2.05, 4.69) is 25.6 Å². The molecule has 2 amide bonds. The second kappa shape index (κ2) is 6.53. The number of hydrogen-bond donors (Lipinski definition) is 1. The highest BCUT2D eigenvalue weighted by atomic mass is 19.4. The molecule has 0 saturated heterocycles. The first-order valence-electron chi connectivity index (χ1n) is 8.32. The number of aromatic nitrogens is 5. The molecule has 14 heteroatoms. The van der Waals surface area contributed by atoms with Crippen LogP contribution in [0.2, 0.25) is 0 Å². The quantitative estimate of drug-likeness (QED) is 0.628. The Kier molecular flexibility index (Phi) is 4.32. The summed E-state index contributed by atoms with van der Waals surface area (Å²) in [7, 11) is 0. The molecule has 0 radical (unpaired) electrons. The summed E-state index contributed by atoms with van der Waals surface area (Å²) in [6.45, 7) is -0.0127. The molecule has 4 rings (SSSR count). The Morgan fingerprint density at radius 3 is 2.67 bits per heavy atom.